The molecule has 2 aromatic carbocycles. The van der Waals surface area contributed by atoms with E-state index in [1.807, 2.05) is 54.7 Å². The maximum Gasteiger partial charge on any atom is 0.119 e. The minimum absolute atomic E-state index is 0.801. The predicted octanol–water partition coefficient (Wildman–Crippen LogP) is 7.33. The van der Waals surface area contributed by atoms with Gasteiger partial charge >= 0.3 is 0 Å². The van der Waals surface area contributed by atoms with Crippen LogP contribution in [0.15, 0.2) is 58.0 Å². The van der Waals surface area contributed by atoms with Crippen LogP contribution < -0.4 is 4.74 Å². The fourth-order valence-corrected chi connectivity index (χ4v) is 2.84. The van der Waals surface area contributed by atoms with Crippen LogP contribution in [-0.2, 0) is 0 Å². The summed E-state index contributed by atoms with van der Waals surface area (Å²) in [7, 11) is 0. The average molecular weight is 402 g/mol. The first-order valence-corrected chi connectivity index (χ1v) is 10.1. The zero-order chi connectivity index (χ0) is 17.7. The minimum Gasteiger partial charge on any atom is -0.494 e. The summed E-state index contributed by atoms with van der Waals surface area (Å²) in [6.07, 6.45) is 11.0. The second-order valence-electron chi connectivity index (χ2n) is 6.27. The van der Waals surface area contributed by atoms with Crippen molar-refractivity contribution in [3.63, 3.8) is 0 Å². The van der Waals surface area contributed by atoms with Gasteiger partial charge in [0.2, 0.25) is 0 Å². The SMILES string of the molecule is CCCCCCCCCOc1ccc(N=Cc2ccc(Br)cc2)cc1. The van der Waals surface area contributed by atoms with Crippen molar-refractivity contribution in [3.8, 4) is 5.75 Å². The largest absolute Gasteiger partial charge is 0.494 e. The van der Waals surface area contributed by atoms with E-state index in [0.717, 1.165) is 34.5 Å². The molecule has 0 saturated heterocycles. The first kappa shape index (κ1) is 19.7. The quantitative estimate of drug-likeness (QED) is 0.285. The van der Waals surface area contributed by atoms with Crippen molar-refractivity contribution < 1.29 is 4.74 Å². The number of hydrogen-bond donors (Lipinski definition) is 0. The lowest BCUT2D eigenvalue weighted by molar-refractivity contribution is 0.304. The summed E-state index contributed by atoms with van der Waals surface area (Å²) >= 11 is 3.44. The highest BCUT2D eigenvalue weighted by Gasteiger charge is 1.96. The standard InChI is InChI=1S/C22H28BrNO/c1-2-3-4-5-6-7-8-17-25-22-15-13-21(14-16-22)24-18-19-9-11-20(23)12-10-19/h9-16,18H,2-8,17H2,1H3. The Morgan fingerprint density at radius 3 is 2.16 bits per heavy atom. The van der Waals surface area contributed by atoms with Crippen molar-refractivity contribution in [2.75, 3.05) is 6.61 Å². The highest BCUT2D eigenvalue weighted by Crippen LogP contribution is 2.19. The van der Waals surface area contributed by atoms with Gasteiger partial charge in [-0.25, -0.2) is 0 Å². The maximum atomic E-state index is 5.81. The van der Waals surface area contributed by atoms with Gasteiger partial charge in [-0.2, -0.15) is 0 Å². The highest BCUT2D eigenvalue weighted by atomic mass is 79.9. The molecule has 0 radical (unpaired) electrons. The summed E-state index contributed by atoms with van der Waals surface area (Å²) in [4.78, 5) is 4.50. The van der Waals surface area contributed by atoms with Crippen LogP contribution >= 0.6 is 15.9 Å². The van der Waals surface area contributed by atoms with Crippen LogP contribution in [0, 0.1) is 0 Å². The Bertz CT molecular complexity index is 619. The molecule has 0 atom stereocenters. The molecule has 25 heavy (non-hydrogen) atoms. The maximum absolute atomic E-state index is 5.81. The smallest absolute Gasteiger partial charge is 0.119 e. The number of unbranched alkanes of at least 4 members (excludes halogenated alkanes) is 6. The summed E-state index contributed by atoms with van der Waals surface area (Å²) in [6.45, 7) is 3.06. The van der Waals surface area contributed by atoms with E-state index in [-0.39, 0.29) is 0 Å². The van der Waals surface area contributed by atoms with Crippen molar-refractivity contribution in [2.24, 2.45) is 4.99 Å². The van der Waals surface area contributed by atoms with Gasteiger partial charge in [-0.1, -0.05) is 73.5 Å². The Kier molecular flexibility index (Phi) is 9.35. The first-order chi connectivity index (χ1) is 12.3. The third kappa shape index (κ3) is 8.35. The molecule has 0 aromatic heterocycles. The van der Waals surface area contributed by atoms with Gasteiger partial charge in [0.05, 0.1) is 12.3 Å². The van der Waals surface area contributed by atoms with Crippen molar-refractivity contribution in [2.45, 2.75) is 51.9 Å². The van der Waals surface area contributed by atoms with E-state index in [1.54, 1.807) is 0 Å². The molecule has 3 heteroatoms. The molecule has 0 unspecified atom stereocenters. The molecule has 2 aromatic rings. The summed E-state index contributed by atoms with van der Waals surface area (Å²) < 4.78 is 6.88. The third-order valence-corrected chi connectivity index (χ3v) is 4.61. The second kappa shape index (κ2) is 11.9. The minimum atomic E-state index is 0.801. The van der Waals surface area contributed by atoms with Crippen LogP contribution in [0.4, 0.5) is 5.69 Å². The number of aliphatic imine (C=N–C) groups is 1. The first-order valence-electron chi connectivity index (χ1n) is 9.30. The molecule has 0 heterocycles. The third-order valence-electron chi connectivity index (χ3n) is 4.09. The zero-order valence-corrected chi connectivity index (χ0v) is 16.7. The normalized spacial score (nSPS) is 11.1. The molecule has 2 nitrogen and oxygen atoms in total. The number of rotatable bonds is 11. The number of ether oxygens (including phenoxy) is 1. The van der Waals surface area contributed by atoms with Crippen LogP contribution in [0.25, 0.3) is 0 Å². The van der Waals surface area contributed by atoms with E-state index in [9.17, 15) is 0 Å². The summed E-state index contributed by atoms with van der Waals surface area (Å²) in [6, 6.07) is 16.1. The van der Waals surface area contributed by atoms with Crippen LogP contribution in [-0.4, -0.2) is 12.8 Å². The predicted molar refractivity (Wildman–Crippen MR) is 111 cm³/mol. The monoisotopic (exact) mass is 401 g/mol. The van der Waals surface area contributed by atoms with E-state index in [2.05, 4.69) is 27.8 Å². The molecule has 0 saturated carbocycles. The number of hydrogen-bond acceptors (Lipinski definition) is 2. The lowest BCUT2D eigenvalue weighted by Gasteiger charge is -2.06. The van der Waals surface area contributed by atoms with Gasteiger partial charge in [0.15, 0.2) is 0 Å². The Hall–Kier alpha value is -1.61. The van der Waals surface area contributed by atoms with E-state index >= 15 is 0 Å². The molecular formula is C22H28BrNO. The van der Waals surface area contributed by atoms with Crippen LogP contribution in [0.2, 0.25) is 0 Å². The topological polar surface area (TPSA) is 21.6 Å². The Labute approximate surface area is 160 Å². The molecule has 0 amide bonds. The van der Waals surface area contributed by atoms with Gasteiger partial charge in [-0.15, -0.1) is 0 Å². The van der Waals surface area contributed by atoms with Crippen molar-refractivity contribution in [3.05, 3.63) is 58.6 Å². The van der Waals surface area contributed by atoms with Crippen LogP contribution in [0.3, 0.4) is 0 Å². The van der Waals surface area contributed by atoms with Gasteiger partial charge < -0.3 is 4.74 Å². The Morgan fingerprint density at radius 2 is 1.48 bits per heavy atom. The average Bonchev–Trinajstić information content (AvgIpc) is 2.64. The molecule has 0 fully saturated rings. The lowest BCUT2D eigenvalue weighted by atomic mass is 10.1. The van der Waals surface area contributed by atoms with E-state index in [4.69, 9.17) is 4.74 Å². The van der Waals surface area contributed by atoms with Gasteiger partial charge in [0.25, 0.3) is 0 Å². The second-order valence-corrected chi connectivity index (χ2v) is 7.19. The number of benzene rings is 2. The Balaban J connectivity index is 1.66. The van der Waals surface area contributed by atoms with Crippen molar-refractivity contribution in [1.82, 2.24) is 0 Å². The molecular weight excluding hydrogens is 374 g/mol. The fraction of sp³-hybridized carbons (Fsp3) is 0.409. The Morgan fingerprint density at radius 1 is 0.840 bits per heavy atom. The van der Waals surface area contributed by atoms with Gasteiger partial charge in [-0.3, -0.25) is 4.99 Å². The highest BCUT2D eigenvalue weighted by molar-refractivity contribution is 9.10. The van der Waals surface area contributed by atoms with E-state index in [0.29, 0.717) is 0 Å². The summed E-state index contributed by atoms with van der Waals surface area (Å²) in [5, 5.41) is 0. The molecule has 0 spiro atoms. The molecule has 134 valence electrons. The van der Waals surface area contributed by atoms with Gasteiger partial charge in [0, 0.05) is 10.7 Å². The molecule has 0 bridgehead atoms. The number of nitrogens with zero attached hydrogens (tertiary/aromatic N) is 1. The fourth-order valence-electron chi connectivity index (χ4n) is 2.58. The van der Waals surface area contributed by atoms with E-state index in [1.165, 1.54) is 38.5 Å². The van der Waals surface area contributed by atoms with Crippen molar-refractivity contribution in [1.29, 1.82) is 0 Å². The summed E-state index contributed by atoms with van der Waals surface area (Å²) in [5.74, 6) is 0.925. The zero-order valence-electron chi connectivity index (χ0n) is 15.1. The van der Waals surface area contributed by atoms with Gasteiger partial charge in [-0.05, 0) is 48.4 Å². The van der Waals surface area contributed by atoms with E-state index < -0.39 is 0 Å². The molecule has 0 aliphatic rings. The molecule has 2 rings (SSSR count). The molecule has 0 aliphatic carbocycles. The molecule has 0 N–H and O–H groups in total. The van der Waals surface area contributed by atoms with Gasteiger partial charge in [0.1, 0.15) is 5.75 Å². The van der Waals surface area contributed by atoms with Crippen LogP contribution in [0.1, 0.15) is 57.4 Å². The van der Waals surface area contributed by atoms with Crippen molar-refractivity contribution >= 4 is 27.8 Å². The summed E-state index contributed by atoms with van der Waals surface area (Å²) in [5.41, 5.74) is 2.02. The number of halogens is 1. The molecule has 0 aliphatic heterocycles. The van der Waals surface area contributed by atoms with Crippen LogP contribution in [0.5, 0.6) is 5.75 Å². The lowest BCUT2D eigenvalue weighted by Crippen LogP contribution is -1.96.